The number of carboxylic acids is 1. The third-order valence-corrected chi connectivity index (χ3v) is 2.97. The van der Waals surface area contributed by atoms with Crippen LogP contribution in [-0.2, 0) is 16.6 Å². The summed E-state index contributed by atoms with van der Waals surface area (Å²) in [5, 5.41) is 9.15. The van der Waals surface area contributed by atoms with E-state index in [0.29, 0.717) is 0 Å². The summed E-state index contributed by atoms with van der Waals surface area (Å²) >= 11 is 0. The lowest BCUT2D eigenvalue weighted by Crippen LogP contribution is -2.21. The SMILES string of the molecule is CCc1ccncc1C1(C(=O)O)CC1. The zero-order valence-corrected chi connectivity index (χ0v) is 8.16. The van der Waals surface area contributed by atoms with E-state index >= 15 is 0 Å². The van der Waals surface area contributed by atoms with E-state index in [-0.39, 0.29) is 0 Å². The number of aliphatic carboxylic acids is 1. The number of carboxylic acid groups (broad SMARTS) is 1. The van der Waals surface area contributed by atoms with Crippen LogP contribution in [-0.4, -0.2) is 16.1 Å². The molecule has 3 nitrogen and oxygen atoms in total. The minimum absolute atomic E-state index is 0.612. The van der Waals surface area contributed by atoms with Crippen LogP contribution in [0.15, 0.2) is 18.5 Å². The summed E-state index contributed by atoms with van der Waals surface area (Å²) in [6, 6.07) is 1.92. The molecular weight excluding hydrogens is 178 g/mol. The highest BCUT2D eigenvalue weighted by atomic mass is 16.4. The fourth-order valence-electron chi connectivity index (χ4n) is 1.89. The van der Waals surface area contributed by atoms with Crippen LogP contribution in [0.4, 0.5) is 0 Å². The van der Waals surface area contributed by atoms with Gasteiger partial charge in [-0.3, -0.25) is 9.78 Å². The molecule has 0 bridgehead atoms. The summed E-state index contributed by atoms with van der Waals surface area (Å²) < 4.78 is 0. The third-order valence-electron chi connectivity index (χ3n) is 2.97. The van der Waals surface area contributed by atoms with Crippen LogP contribution in [0.1, 0.15) is 30.9 Å². The molecule has 1 aromatic heterocycles. The van der Waals surface area contributed by atoms with Crippen molar-refractivity contribution in [1.82, 2.24) is 4.98 Å². The summed E-state index contributed by atoms with van der Waals surface area (Å²) in [6.07, 6.45) is 5.80. The van der Waals surface area contributed by atoms with Crippen LogP contribution >= 0.6 is 0 Å². The quantitative estimate of drug-likeness (QED) is 0.792. The fourth-order valence-corrected chi connectivity index (χ4v) is 1.89. The van der Waals surface area contributed by atoms with E-state index in [1.54, 1.807) is 12.4 Å². The van der Waals surface area contributed by atoms with Gasteiger partial charge in [-0.25, -0.2) is 0 Å². The van der Waals surface area contributed by atoms with Crippen molar-refractivity contribution in [3.8, 4) is 0 Å². The van der Waals surface area contributed by atoms with Crippen LogP contribution in [0.5, 0.6) is 0 Å². The number of carbonyl (C=O) groups is 1. The molecule has 1 N–H and O–H groups in total. The third kappa shape index (κ3) is 1.20. The highest BCUT2D eigenvalue weighted by Gasteiger charge is 2.52. The smallest absolute Gasteiger partial charge is 0.314 e. The Labute approximate surface area is 82.8 Å². The standard InChI is InChI=1S/C11H13NO2/c1-2-8-3-6-12-7-9(8)11(4-5-11)10(13)14/h3,6-7H,2,4-5H2,1H3,(H,13,14). The van der Waals surface area contributed by atoms with E-state index in [4.69, 9.17) is 5.11 Å². The molecule has 0 saturated heterocycles. The second-order valence-corrected chi connectivity index (χ2v) is 3.77. The zero-order valence-electron chi connectivity index (χ0n) is 8.16. The Hall–Kier alpha value is -1.38. The first-order chi connectivity index (χ1) is 6.70. The first-order valence-electron chi connectivity index (χ1n) is 4.87. The van der Waals surface area contributed by atoms with Crippen molar-refractivity contribution in [2.24, 2.45) is 0 Å². The first kappa shape index (κ1) is 9.19. The molecule has 74 valence electrons. The van der Waals surface area contributed by atoms with Crippen LogP contribution in [0.3, 0.4) is 0 Å². The molecule has 1 heterocycles. The molecule has 0 radical (unpaired) electrons. The Morgan fingerprint density at radius 1 is 1.64 bits per heavy atom. The molecular formula is C11H13NO2. The number of hydrogen-bond donors (Lipinski definition) is 1. The molecule has 0 aromatic carbocycles. The van der Waals surface area contributed by atoms with E-state index < -0.39 is 11.4 Å². The van der Waals surface area contributed by atoms with Gasteiger partial charge in [0.1, 0.15) is 0 Å². The van der Waals surface area contributed by atoms with Crippen molar-refractivity contribution in [1.29, 1.82) is 0 Å². The maximum Gasteiger partial charge on any atom is 0.314 e. The highest BCUT2D eigenvalue weighted by molar-refractivity contribution is 5.85. The molecule has 0 spiro atoms. The normalized spacial score (nSPS) is 17.8. The van der Waals surface area contributed by atoms with Crippen molar-refractivity contribution in [3.63, 3.8) is 0 Å². The Morgan fingerprint density at radius 2 is 2.36 bits per heavy atom. The van der Waals surface area contributed by atoms with E-state index in [1.165, 1.54) is 0 Å². The van der Waals surface area contributed by atoms with Crippen LogP contribution in [0.25, 0.3) is 0 Å². The monoisotopic (exact) mass is 191 g/mol. The van der Waals surface area contributed by atoms with Gasteiger partial charge in [0.15, 0.2) is 0 Å². The van der Waals surface area contributed by atoms with E-state index in [0.717, 1.165) is 30.4 Å². The first-order valence-corrected chi connectivity index (χ1v) is 4.87. The molecule has 1 fully saturated rings. The number of rotatable bonds is 3. The summed E-state index contributed by atoms with van der Waals surface area (Å²) in [6.45, 7) is 2.04. The fraction of sp³-hybridized carbons (Fsp3) is 0.455. The number of nitrogens with zero attached hydrogens (tertiary/aromatic N) is 1. The zero-order chi connectivity index (χ0) is 10.2. The number of aryl methyl sites for hydroxylation is 1. The topological polar surface area (TPSA) is 50.2 Å². The van der Waals surface area contributed by atoms with Crippen LogP contribution in [0.2, 0.25) is 0 Å². The molecule has 1 aromatic rings. The number of hydrogen-bond acceptors (Lipinski definition) is 2. The molecule has 2 rings (SSSR count). The van der Waals surface area contributed by atoms with Gasteiger partial charge in [-0.1, -0.05) is 6.92 Å². The lowest BCUT2D eigenvalue weighted by molar-refractivity contribution is -0.140. The van der Waals surface area contributed by atoms with Crippen molar-refractivity contribution < 1.29 is 9.90 Å². The minimum Gasteiger partial charge on any atom is -0.481 e. The maximum atomic E-state index is 11.1. The Bertz CT molecular complexity index is 369. The van der Waals surface area contributed by atoms with Crippen molar-refractivity contribution in [3.05, 3.63) is 29.6 Å². The molecule has 0 atom stereocenters. The molecule has 14 heavy (non-hydrogen) atoms. The van der Waals surface area contributed by atoms with E-state index in [9.17, 15) is 4.79 Å². The molecule has 1 aliphatic rings. The van der Waals surface area contributed by atoms with E-state index in [2.05, 4.69) is 4.98 Å². The largest absolute Gasteiger partial charge is 0.481 e. The minimum atomic E-state index is -0.708. The highest BCUT2D eigenvalue weighted by Crippen LogP contribution is 2.49. The van der Waals surface area contributed by atoms with E-state index in [1.807, 2.05) is 13.0 Å². The van der Waals surface area contributed by atoms with Gasteiger partial charge in [-0.15, -0.1) is 0 Å². The van der Waals surface area contributed by atoms with Gasteiger partial charge in [0.2, 0.25) is 0 Å². The summed E-state index contributed by atoms with van der Waals surface area (Å²) in [5.74, 6) is -0.708. The molecule has 0 unspecified atom stereocenters. The average molecular weight is 191 g/mol. The van der Waals surface area contributed by atoms with Crippen molar-refractivity contribution in [2.45, 2.75) is 31.6 Å². The van der Waals surface area contributed by atoms with Crippen molar-refractivity contribution in [2.75, 3.05) is 0 Å². The van der Waals surface area contributed by atoms with Gasteiger partial charge in [0.25, 0.3) is 0 Å². The lowest BCUT2D eigenvalue weighted by Gasteiger charge is -2.13. The van der Waals surface area contributed by atoms with Crippen LogP contribution in [0, 0.1) is 0 Å². The predicted octanol–water partition coefficient (Wildman–Crippen LogP) is 1.76. The Morgan fingerprint density at radius 3 is 2.86 bits per heavy atom. The molecule has 1 saturated carbocycles. The Kier molecular flexibility index (Phi) is 2.02. The van der Waals surface area contributed by atoms with Gasteiger partial charge < -0.3 is 5.11 Å². The van der Waals surface area contributed by atoms with Gasteiger partial charge in [0.05, 0.1) is 5.41 Å². The summed E-state index contributed by atoms with van der Waals surface area (Å²) in [4.78, 5) is 15.1. The average Bonchev–Trinajstić information content (AvgIpc) is 2.98. The van der Waals surface area contributed by atoms with Gasteiger partial charge in [0, 0.05) is 12.4 Å². The van der Waals surface area contributed by atoms with Gasteiger partial charge >= 0.3 is 5.97 Å². The molecule has 0 amide bonds. The van der Waals surface area contributed by atoms with Gasteiger partial charge in [-0.05, 0) is 36.5 Å². The second-order valence-electron chi connectivity index (χ2n) is 3.77. The van der Waals surface area contributed by atoms with Gasteiger partial charge in [-0.2, -0.15) is 0 Å². The number of aromatic nitrogens is 1. The second kappa shape index (κ2) is 3.08. The summed E-state index contributed by atoms with van der Waals surface area (Å²) in [7, 11) is 0. The number of pyridine rings is 1. The van der Waals surface area contributed by atoms with Crippen LogP contribution < -0.4 is 0 Å². The Balaban J connectivity index is 2.46. The molecule has 3 heteroatoms. The predicted molar refractivity (Wildman–Crippen MR) is 52.2 cm³/mol. The molecule has 1 aliphatic carbocycles. The maximum absolute atomic E-state index is 11.1. The molecule has 0 aliphatic heterocycles. The lowest BCUT2D eigenvalue weighted by atomic mass is 9.92. The summed E-state index contributed by atoms with van der Waals surface area (Å²) in [5.41, 5.74) is 1.41. The van der Waals surface area contributed by atoms with Crippen molar-refractivity contribution >= 4 is 5.97 Å².